The number of rotatable bonds is 6. The zero-order valence-electron chi connectivity index (χ0n) is 29.3. The molecule has 0 atom stereocenters. The topological polar surface area (TPSA) is 165 Å². The van der Waals surface area contributed by atoms with E-state index in [0.29, 0.717) is 49.0 Å². The lowest BCUT2D eigenvalue weighted by Crippen LogP contribution is -2.28. The molecule has 3 aromatic carbocycles. The van der Waals surface area contributed by atoms with Crippen LogP contribution in [-0.4, -0.2) is 43.4 Å². The maximum Gasteiger partial charge on any atom is 0.229 e. The van der Waals surface area contributed by atoms with Gasteiger partial charge in [-0.05, 0) is 72.8 Å². The van der Waals surface area contributed by atoms with Crippen LogP contribution >= 0.6 is 34.8 Å². The third-order valence-corrected chi connectivity index (χ3v) is 7.61. The van der Waals surface area contributed by atoms with Crippen LogP contribution in [0.5, 0.6) is 0 Å². The van der Waals surface area contributed by atoms with E-state index < -0.39 is 5.41 Å². The van der Waals surface area contributed by atoms with Gasteiger partial charge in [0.1, 0.15) is 11.4 Å². The normalized spacial score (nSPS) is 10.9. The molecule has 0 aliphatic carbocycles. The molecule has 268 valence electrons. The molecule has 0 fully saturated rings. The monoisotopic (exact) mass is 751 g/mol. The second-order valence-corrected chi connectivity index (χ2v) is 14.6. The number of nitrogens with one attached hydrogen (secondary N) is 3. The lowest BCUT2D eigenvalue weighted by molar-refractivity contribution is -0.123. The minimum absolute atomic E-state index is 0.000164. The number of ketones is 2. The number of H-pyrrole nitrogens is 1. The molecule has 2 heterocycles. The van der Waals surface area contributed by atoms with Crippen molar-refractivity contribution in [3.05, 3.63) is 123 Å². The third-order valence-electron chi connectivity index (χ3n) is 6.89. The summed E-state index contributed by atoms with van der Waals surface area (Å²) in [7, 11) is 1.73. The van der Waals surface area contributed by atoms with Gasteiger partial charge in [0.05, 0.1) is 5.69 Å². The fourth-order valence-electron chi connectivity index (χ4n) is 3.90. The van der Waals surface area contributed by atoms with E-state index in [1.165, 1.54) is 12.3 Å². The van der Waals surface area contributed by atoms with Crippen molar-refractivity contribution in [2.24, 2.45) is 17.9 Å². The molecule has 2 aromatic heterocycles. The van der Waals surface area contributed by atoms with Crippen LogP contribution in [0.1, 0.15) is 73.6 Å². The van der Waals surface area contributed by atoms with Crippen LogP contribution in [0, 0.1) is 10.8 Å². The number of nitrogen functional groups attached to an aromatic ring is 1. The lowest BCUT2D eigenvalue weighted by atomic mass is 9.95. The van der Waals surface area contributed by atoms with E-state index in [9.17, 15) is 19.2 Å². The van der Waals surface area contributed by atoms with Gasteiger partial charge in [0, 0.05) is 67.8 Å². The quantitative estimate of drug-likeness (QED) is 0.0998. The van der Waals surface area contributed by atoms with E-state index in [1.54, 1.807) is 105 Å². The van der Waals surface area contributed by atoms with E-state index in [2.05, 4.69) is 25.9 Å². The molecule has 51 heavy (non-hydrogen) atoms. The molecule has 14 heteroatoms. The third kappa shape index (κ3) is 12.1. The van der Waals surface area contributed by atoms with Crippen molar-refractivity contribution in [3.63, 3.8) is 0 Å². The SMILES string of the molecule is CC(C)(C)C(=O)Nc1ccc(Cl)cc1.Cn1ccc(C(=O)c2cc(Cl)ccc2NC(=O)C(C)(C)C)n1.Nc1ccc(Cl)cc1C(=O)c1ccn[nH]1. The first-order valence-corrected chi connectivity index (χ1v) is 16.7. The number of halogens is 3. The molecular weight excluding hydrogens is 713 g/mol. The van der Waals surface area contributed by atoms with Gasteiger partial charge < -0.3 is 16.4 Å². The number of aryl methyl sites for hydroxylation is 1. The summed E-state index contributed by atoms with van der Waals surface area (Å²) < 4.78 is 1.55. The Morgan fingerprint density at radius 2 is 1.25 bits per heavy atom. The number of aromatic nitrogens is 4. The number of nitrogens with two attached hydrogens (primary N) is 1. The van der Waals surface area contributed by atoms with Gasteiger partial charge in [-0.2, -0.15) is 10.2 Å². The molecule has 5 aromatic rings. The van der Waals surface area contributed by atoms with Crippen LogP contribution in [0.2, 0.25) is 15.1 Å². The van der Waals surface area contributed by atoms with Gasteiger partial charge in [0.15, 0.2) is 0 Å². The van der Waals surface area contributed by atoms with Crippen LogP contribution < -0.4 is 16.4 Å². The summed E-state index contributed by atoms with van der Waals surface area (Å²) >= 11 is 17.5. The smallest absolute Gasteiger partial charge is 0.229 e. The molecule has 0 saturated carbocycles. The van der Waals surface area contributed by atoms with Crippen LogP contribution in [0.15, 0.2) is 85.2 Å². The largest absolute Gasteiger partial charge is 0.398 e. The average molecular weight is 753 g/mol. The molecular formula is C37H40Cl3N7O4. The van der Waals surface area contributed by atoms with E-state index >= 15 is 0 Å². The summed E-state index contributed by atoms with van der Waals surface area (Å²) in [4.78, 5) is 48.2. The standard InChI is InChI=1S/C16H18ClN3O2.C11H14ClNO.C10H8ClN3O/c1-16(2,3)15(22)18-12-6-5-10(17)9-11(12)14(21)13-7-8-20(4)19-13;1-11(2,3)10(14)13-9-6-4-8(12)5-7-9;11-6-1-2-8(12)7(5-6)10(15)9-3-4-13-14-9/h5-9H,1-4H3,(H,18,22);4-7H,1-3H3,(H,13,14);1-5H,12H2,(H,13,14). The summed E-state index contributed by atoms with van der Waals surface area (Å²) in [5, 5.41) is 17.5. The summed E-state index contributed by atoms with van der Waals surface area (Å²) in [5.74, 6) is -0.676. The minimum Gasteiger partial charge on any atom is -0.398 e. The average Bonchev–Trinajstić information content (AvgIpc) is 3.76. The molecule has 5 rings (SSSR count). The Balaban J connectivity index is 0.000000214. The molecule has 0 spiro atoms. The Hall–Kier alpha value is -4.97. The summed E-state index contributed by atoms with van der Waals surface area (Å²) in [5.41, 5.74) is 7.75. The Labute approximate surface area is 311 Å². The summed E-state index contributed by atoms with van der Waals surface area (Å²) in [6, 6.07) is 19.9. The maximum absolute atomic E-state index is 12.6. The van der Waals surface area contributed by atoms with Gasteiger partial charge in [-0.15, -0.1) is 0 Å². The number of hydrogen-bond donors (Lipinski definition) is 4. The van der Waals surface area contributed by atoms with Crippen molar-refractivity contribution in [1.82, 2.24) is 20.0 Å². The number of benzene rings is 3. The summed E-state index contributed by atoms with van der Waals surface area (Å²) in [6.45, 7) is 11.0. The van der Waals surface area contributed by atoms with Crippen molar-refractivity contribution >= 4 is 75.2 Å². The van der Waals surface area contributed by atoms with Crippen LogP contribution in [0.25, 0.3) is 0 Å². The molecule has 0 aliphatic rings. The highest BCUT2D eigenvalue weighted by atomic mass is 35.5. The number of nitrogens with zero attached hydrogens (tertiary/aromatic N) is 3. The van der Waals surface area contributed by atoms with Gasteiger partial charge in [-0.25, -0.2) is 0 Å². The Kier molecular flexibility index (Phi) is 13.7. The van der Waals surface area contributed by atoms with Crippen molar-refractivity contribution in [3.8, 4) is 0 Å². The zero-order chi connectivity index (χ0) is 38.1. The van der Waals surface area contributed by atoms with Gasteiger partial charge in [-0.3, -0.25) is 29.0 Å². The van der Waals surface area contributed by atoms with Crippen molar-refractivity contribution in [1.29, 1.82) is 0 Å². The molecule has 0 bridgehead atoms. The number of amides is 2. The number of hydrogen-bond acceptors (Lipinski definition) is 7. The maximum atomic E-state index is 12.6. The molecule has 0 aliphatic heterocycles. The molecule has 2 amide bonds. The summed E-state index contributed by atoms with van der Waals surface area (Å²) in [6.07, 6.45) is 3.19. The molecule has 0 radical (unpaired) electrons. The van der Waals surface area contributed by atoms with E-state index in [0.717, 1.165) is 5.69 Å². The van der Waals surface area contributed by atoms with Gasteiger partial charge >= 0.3 is 0 Å². The van der Waals surface area contributed by atoms with E-state index in [-0.39, 0.29) is 28.8 Å². The predicted molar refractivity (Wildman–Crippen MR) is 204 cm³/mol. The lowest BCUT2D eigenvalue weighted by Gasteiger charge is -2.19. The second kappa shape index (κ2) is 17.3. The van der Waals surface area contributed by atoms with E-state index in [4.69, 9.17) is 40.5 Å². The number of carbonyl (C=O) groups excluding carboxylic acids is 4. The molecule has 0 unspecified atom stereocenters. The second-order valence-electron chi connectivity index (χ2n) is 13.3. The highest BCUT2D eigenvalue weighted by molar-refractivity contribution is 6.32. The van der Waals surface area contributed by atoms with E-state index in [1.807, 2.05) is 20.8 Å². The zero-order valence-corrected chi connectivity index (χ0v) is 31.5. The highest BCUT2D eigenvalue weighted by Crippen LogP contribution is 2.26. The molecule has 11 nitrogen and oxygen atoms in total. The first kappa shape index (κ1) is 40.5. The number of anilines is 3. The van der Waals surface area contributed by atoms with Crippen molar-refractivity contribution in [2.45, 2.75) is 41.5 Å². The van der Waals surface area contributed by atoms with Crippen LogP contribution in [0.4, 0.5) is 17.1 Å². The Morgan fingerprint density at radius 3 is 1.78 bits per heavy atom. The first-order valence-electron chi connectivity index (χ1n) is 15.6. The Bertz CT molecular complexity index is 1990. The van der Waals surface area contributed by atoms with Gasteiger partial charge in [0.25, 0.3) is 0 Å². The highest BCUT2D eigenvalue weighted by Gasteiger charge is 2.24. The molecule has 5 N–H and O–H groups in total. The van der Waals surface area contributed by atoms with Gasteiger partial charge in [0.2, 0.25) is 23.4 Å². The van der Waals surface area contributed by atoms with Gasteiger partial charge in [-0.1, -0.05) is 76.3 Å². The first-order chi connectivity index (χ1) is 23.8. The van der Waals surface area contributed by atoms with Crippen molar-refractivity contribution in [2.75, 3.05) is 16.4 Å². The van der Waals surface area contributed by atoms with Crippen molar-refractivity contribution < 1.29 is 19.2 Å². The van der Waals surface area contributed by atoms with Crippen LogP contribution in [-0.2, 0) is 16.6 Å². The fourth-order valence-corrected chi connectivity index (χ4v) is 4.37. The number of aromatic amines is 1. The van der Waals surface area contributed by atoms with Crippen LogP contribution in [0.3, 0.4) is 0 Å². The predicted octanol–water partition coefficient (Wildman–Crippen LogP) is 8.49. The fraction of sp³-hybridized carbons (Fsp3) is 0.243. The number of carbonyl (C=O) groups is 4. The molecule has 0 saturated heterocycles. The Morgan fingerprint density at radius 1 is 0.706 bits per heavy atom. The minimum atomic E-state index is -0.565.